The zero-order chi connectivity index (χ0) is 8.10. The second kappa shape index (κ2) is 4.70. The second-order valence-corrected chi connectivity index (χ2v) is 2.90. The monoisotopic (exact) mass is 157 g/mol. The number of nitrogens with one attached hydrogen (secondary N) is 2. The second-order valence-electron chi connectivity index (χ2n) is 2.90. The number of hydrogen-bond donors (Lipinski definition) is 2. The van der Waals surface area contributed by atoms with E-state index in [9.17, 15) is 0 Å². The first kappa shape index (κ1) is 8.97. The Kier molecular flexibility index (Phi) is 3.83. The first-order chi connectivity index (χ1) is 5.33. The summed E-state index contributed by atoms with van der Waals surface area (Å²) in [6.45, 7) is 6.92. The van der Waals surface area contributed by atoms with Gasteiger partial charge in [-0.1, -0.05) is 6.92 Å². The van der Waals surface area contributed by atoms with Crippen LogP contribution in [0.3, 0.4) is 0 Å². The summed E-state index contributed by atoms with van der Waals surface area (Å²) >= 11 is 0. The first-order valence-corrected chi connectivity index (χ1v) is 4.28. The minimum Gasteiger partial charge on any atom is -0.353 e. The molecule has 1 aliphatic rings. The van der Waals surface area contributed by atoms with Crippen LogP contribution in [0.2, 0.25) is 0 Å². The van der Waals surface area contributed by atoms with E-state index < -0.39 is 0 Å². The summed E-state index contributed by atoms with van der Waals surface area (Å²) < 4.78 is 5.39. The molecule has 2 N–H and O–H groups in total. The fraction of sp³-hybridized carbons (Fsp3) is 0.875. The van der Waals surface area contributed by atoms with Crippen molar-refractivity contribution < 1.29 is 4.74 Å². The molecule has 1 saturated heterocycles. The molecule has 0 aromatic rings. The van der Waals surface area contributed by atoms with Crippen LogP contribution in [0.15, 0.2) is 0 Å². The Morgan fingerprint density at radius 2 is 2.55 bits per heavy atom. The van der Waals surface area contributed by atoms with Crippen LogP contribution in [0.4, 0.5) is 0 Å². The fourth-order valence-electron chi connectivity index (χ4n) is 0.969. The summed E-state index contributed by atoms with van der Waals surface area (Å²) in [5.74, 6) is 0. The van der Waals surface area contributed by atoms with Crippen LogP contribution >= 0.6 is 0 Å². The molecule has 1 aliphatic heterocycles. The van der Waals surface area contributed by atoms with Crippen molar-refractivity contribution in [1.82, 2.24) is 10.6 Å². The third-order valence-electron chi connectivity index (χ3n) is 1.86. The topological polar surface area (TPSA) is 33.3 Å². The van der Waals surface area contributed by atoms with Crippen molar-refractivity contribution in [1.29, 1.82) is 0 Å². The van der Waals surface area contributed by atoms with Gasteiger partial charge in [-0.15, -0.1) is 0 Å². The number of morpholine rings is 1. The standard InChI is InChI=1S/C8H17N2O/c1-3-7(2)10-8-6-9-4-5-11-8/h7,9-10H,3-6H2,1-2H3. The fourth-order valence-corrected chi connectivity index (χ4v) is 0.969. The Hall–Kier alpha value is -0.120. The van der Waals surface area contributed by atoms with Crippen LogP contribution in [-0.2, 0) is 4.74 Å². The predicted octanol–water partition coefficient (Wildman–Crippen LogP) is 0.484. The smallest absolute Gasteiger partial charge is 0.176 e. The molecule has 0 amide bonds. The SMILES string of the molecule is CCC(C)N[C]1CNCCO1. The average molecular weight is 157 g/mol. The maximum atomic E-state index is 5.39. The van der Waals surface area contributed by atoms with E-state index in [0.29, 0.717) is 6.04 Å². The average Bonchev–Trinajstić information content (AvgIpc) is 2.06. The van der Waals surface area contributed by atoms with Gasteiger partial charge in [-0.3, -0.25) is 5.32 Å². The molecule has 1 fully saturated rings. The van der Waals surface area contributed by atoms with Crippen LogP contribution in [0.5, 0.6) is 0 Å². The summed E-state index contributed by atoms with van der Waals surface area (Å²) in [6, 6.07) is 0.518. The molecule has 3 heteroatoms. The molecule has 0 aromatic carbocycles. The Labute approximate surface area is 68.5 Å². The molecule has 65 valence electrons. The molecule has 1 unspecified atom stereocenters. The van der Waals surface area contributed by atoms with Crippen molar-refractivity contribution in [3.8, 4) is 0 Å². The van der Waals surface area contributed by atoms with Gasteiger partial charge in [0.2, 0.25) is 0 Å². The summed E-state index contributed by atoms with van der Waals surface area (Å²) in [5.41, 5.74) is 0. The minimum atomic E-state index is 0.518. The van der Waals surface area contributed by atoms with Crippen LogP contribution in [0.1, 0.15) is 20.3 Å². The molecule has 1 rings (SSSR count). The van der Waals surface area contributed by atoms with E-state index in [1.165, 1.54) is 0 Å². The summed E-state index contributed by atoms with van der Waals surface area (Å²) in [5, 5.41) is 6.54. The molecule has 0 aliphatic carbocycles. The first-order valence-electron chi connectivity index (χ1n) is 4.28. The quantitative estimate of drug-likeness (QED) is 0.625. The van der Waals surface area contributed by atoms with E-state index in [1.54, 1.807) is 0 Å². The lowest BCUT2D eigenvalue weighted by atomic mass is 10.2. The normalized spacial score (nSPS) is 23.5. The Bertz CT molecular complexity index is 102. The van der Waals surface area contributed by atoms with Gasteiger partial charge in [0, 0.05) is 19.1 Å². The van der Waals surface area contributed by atoms with Gasteiger partial charge in [0.15, 0.2) is 6.23 Å². The maximum absolute atomic E-state index is 5.39. The Morgan fingerprint density at radius 3 is 3.09 bits per heavy atom. The van der Waals surface area contributed by atoms with Gasteiger partial charge in [-0.25, -0.2) is 0 Å². The third-order valence-corrected chi connectivity index (χ3v) is 1.86. The molecule has 0 aromatic heterocycles. The summed E-state index contributed by atoms with van der Waals surface area (Å²) in [4.78, 5) is 0. The van der Waals surface area contributed by atoms with Gasteiger partial charge < -0.3 is 10.1 Å². The number of rotatable bonds is 3. The zero-order valence-corrected chi connectivity index (χ0v) is 7.31. The van der Waals surface area contributed by atoms with Crippen LogP contribution < -0.4 is 10.6 Å². The van der Waals surface area contributed by atoms with Crippen molar-refractivity contribution in [3.05, 3.63) is 6.23 Å². The van der Waals surface area contributed by atoms with E-state index in [1.807, 2.05) is 0 Å². The predicted molar refractivity (Wildman–Crippen MR) is 45.0 cm³/mol. The van der Waals surface area contributed by atoms with Crippen LogP contribution in [0, 0.1) is 6.23 Å². The molecule has 3 nitrogen and oxygen atoms in total. The van der Waals surface area contributed by atoms with Crippen molar-refractivity contribution in [3.63, 3.8) is 0 Å². The molecule has 0 saturated carbocycles. The molecule has 1 heterocycles. The lowest BCUT2D eigenvalue weighted by Gasteiger charge is -2.25. The van der Waals surface area contributed by atoms with E-state index in [-0.39, 0.29) is 0 Å². The molecule has 11 heavy (non-hydrogen) atoms. The summed E-state index contributed by atoms with van der Waals surface area (Å²) in [6.07, 6.45) is 2.12. The van der Waals surface area contributed by atoms with Crippen molar-refractivity contribution in [2.45, 2.75) is 26.3 Å². The third kappa shape index (κ3) is 3.18. The molecule has 1 atom stereocenters. The van der Waals surface area contributed by atoms with Gasteiger partial charge in [0.25, 0.3) is 0 Å². The number of hydrogen-bond acceptors (Lipinski definition) is 3. The van der Waals surface area contributed by atoms with Crippen molar-refractivity contribution in [2.24, 2.45) is 0 Å². The highest BCUT2D eigenvalue weighted by atomic mass is 16.5. The Balaban J connectivity index is 2.13. The highest BCUT2D eigenvalue weighted by Crippen LogP contribution is 2.02. The summed E-state index contributed by atoms with van der Waals surface area (Å²) in [7, 11) is 0. The van der Waals surface area contributed by atoms with Crippen LogP contribution in [0.25, 0.3) is 0 Å². The van der Waals surface area contributed by atoms with E-state index in [4.69, 9.17) is 4.74 Å². The molecule has 0 bridgehead atoms. The van der Waals surface area contributed by atoms with Gasteiger partial charge >= 0.3 is 0 Å². The molecular weight excluding hydrogens is 140 g/mol. The highest BCUT2D eigenvalue weighted by molar-refractivity contribution is 4.83. The largest absolute Gasteiger partial charge is 0.353 e. The van der Waals surface area contributed by atoms with E-state index in [2.05, 4.69) is 24.5 Å². The van der Waals surface area contributed by atoms with Crippen molar-refractivity contribution >= 4 is 0 Å². The Morgan fingerprint density at radius 1 is 1.73 bits per heavy atom. The lowest BCUT2D eigenvalue weighted by Crippen LogP contribution is -2.43. The maximum Gasteiger partial charge on any atom is 0.176 e. The van der Waals surface area contributed by atoms with E-state index >= 15 is 0 Å². The van der Waals surface area contributed by atoms with Crippen LogP contribution in [-0.4, -0.2) is 25.7 Å². The molecule has 0 spiro atoms. The zero-order valence-electron chi connectivity index (χ0n) is 7.31. The number of ether oxygens (including phenoxy) is 1. The molecular formula is C8H17N2O. The molecule has 1 radical (unpaired) electrons. The van der Waals surface area contributed by atoms with E-state index in [0.717, 1.165) is 32.3 Å². The van der Waals surface area contributed by atoms with Gasteiger partial charge in [-0.2, -0.15) is 0 Å². The lowest BCUT2D eigenvalue weighted by molar-refractivity contribution is 0.0844. The minimum absolute atomic E-state index is 0.518. The van der Waals surface area contributed by atoms with Crippen molar-refractivity contribution in [2.75, 3.05) is 19.7 Å². The van der Waals surface area contributed by atoms with Gasteiger partial charge in [-0.05, 0) is 13.3 Å². The van der Waals surface area contributed by atoms with Gasteiger partial charge in [0.05, 0.1) is 6.61 Å². The van der Waals surface area contributed by atoms with Gasteiger partial charge in [0.1, 0.15) is 0 Å². The highest BCUT2D eigenvalue weighted by Gasteiger charge is 2.15.